The molecule has 3 aromatic carbocycles. The number of Topliss-reactive ketones (excluding diaryl/α,β-unsaturated/α-hetero) is 1. The van der Waals surface area contributed by atoms with Crippen molar-refractivity contribution in [1.82, 2.24) is 15.6 Å². The summed E-state index contributed by atoms with van der Waals surface area (Å²) in [6, 6.07) is 16.2. The third-order valence-corrected chi connectivity index (χ3v) is 12.1. The molecule has 0 bridgehead atoms. The summed E-state index contributed by atoms with van der Waals surface area (Å²) in [5, 5.41) is 35.8. The summed E-state index contributed by atoms with van der Waals surface area (Å²) in [5.74, 6) is -2.82. The van der Waals surface area contributed by atoms with Crippen molar-refractivity contribution < 1.29 is 29.7 Å². The highest BCUT2D eigenvalue weighted by Crippen LogP contribution is 2.43. The van der Waals surface area contributed by atoms with E-state index in [-0.39, 0.29) is 69.6 Å². The van der Waals surface area contributed by atoms with Crippen molar-refractivity contribution in [1.29, 1.82) is 0 Å². The van der Waals surface area contributed by atoms with E-state index in [1.54, 1.807) is 18.2 Å². The van der Waals surface area contributed by atoms with Crippen molar-refractivity contribution in [2.45, 2.75) is 178 Å². The Bertz CT molecular complexity index is 1880. The first-order chi connectivity index (χ1) is 28.5. The van der Waals surface area contributed by atoms with Gasteiger partial charge in [0.15, 0.2) is 0 Å². The average Bonchev–Trinajstić information content (AvgIpc) is 3.12. The van der Waals surface area contributed by atoms with Gasteiger partial charge in [0.05, 0.1) is 30.8 Å². The molecule has 3 unspecified atom stereocenters. The number of hydrazine groups is 2. The summed E-state index contributed by atoms with van der Waals surface area (Å²) < 4.78 is 0. The molecular weight excluding hydrogens is 787 g/mol. The first-order valence-corrected chi connectivity index (χ1v) is 22.9. The molecule has 1 aliphatic heterocycles. The van der Waals surface area contributed by atoms with Gasteiger partial charge in [-0.05, 0) is 103 Å². The Morgan fingerprint density at radius 1 is 0.492 bits per heavy atom. The number of phenols is 3. The second kappa shape index (κ2) is 18.3. The molecule has 4 N–H and O–H groups in total. The molecule has 1 saturated heterocycles. The van der Waals surface area contributed by atoms with Crippen LogP contribution in [0.3, 0.4) is 0 Å². The quantitative estimate of drug-likeness (QED) is 0.160. The monoisotopic (exact) mass is 868 g/mol. The number of nitrogens with zero attached hydrogens (tertiary/aromatic N) is 2. The molecule has 0 radical (unpaired) electrons. The molecule has 0 aromatic heterocycles. The van der Waals surface area contributed by atoms with Crippen molar-refractivity contribution in [2.24, 2.45) is 22.2 Å². The van der Waals surface area contributed by atoms with Crippen LogP contribution in [0, 0.1) is 22.2 Å². The van der Waals surface area contributed by atoms with E-state index >= 15 is 14.4 Å². The van der Waals surface area contributed by atoms with E-state index in [1.807, 2.05) is 98.7 Å². The lowest BCUT2D eigenvalue weighted by atomic mass is 9.74. The molecule has 63 heavy (non-hydrogen) atoms. The fourth-order valence-electron chi connectivity index (χ4n) is 8.87. The molecule has 1 heterocycles. The van der Waals surface area contributed by atoms with E-state index < -0.39 is 34.5 Å². The van der Waals surface area contributed by atoms with Gasteiger partial charge in [-0.2, -0.15) is 0 Å². The Morgan fingerprint density at radius 3 is 1.03 bits per heavy atom. The highest BCUT2D eigenvalue weighted by atomic mass is 16.3. The molecule has 3 aromatic rings. The van der Waals surface area contributed by atoms with Crippen LogP contribution in [-0.4, -0.2) is 56.0 Å². The Morgan fingerprint density at radius 2 is 0.762 bits per heavy atom. The van der Waals surface area contributed by atoms with Crippen LogP contribution < -0.4 is 5.53 Å². The van der Waals surface area contributed by atoms with E-state index in [1.165, 1.54) is 10.0 Å². The predicted molar refractivity (Wildman–Crippen MR) is 256 cm³/mol. The molecule has 0 aliphatic carbocycles. The molecule has 1 fully saturated rings. The van der Waals surface area contributed by atoms with Gasteiger partial charge in [-0.15, -0.1) is 5.53 Å². The topological polar surface area (TPSA) is 130 Å². The lowest BCUT2D eigenvalue weighted by Crippen LogP contribution is -2.65. The lowest BCUT2D eigenvalue weighted by Gasteiger charge is -2.44. The lowest BCUT2D eigenvalue weighted by molar-refractivity contribution is -0.163. The van der Waals surface area contributed by atoms with E-state index in [9.17, 15) is 15.3 Å². The molecule has 1 aliphatic rings. The second-order valence-electron chi connectivity index (χ2n) is 25.1. The third-order valence-electron chi connectivity index (χ3n) is 12.1. The van der Waals surface area contributed by atoms with Crippen molar-refractivity contribution in [3.8, 4) is 17.2 Å². The zero-order valence-corrected chi connectivity index (χ0v) is 42.0. The Hall–Kier alpha value is -4.37. The summed E-state index contributed by atoms with van der Waals surface area (Å²) >= 11 is 0. The number of rotatable bonds is 10. The Kier molecular flexibility index (Phi) is 14.9. The van der Waals surface area contributed by atoms with Crippen molar-refractivity contribution in [2.75, 3.05) is 13.1 Å². The van der Waals surface area contributed by atoms with E-state index in [4.69, 9.17) is 0 Å². The highest BCUT2D eigenvalue weighted by Gasteiger charge is 2.44. The molecule has 348 valence electrons. The number of hydrogen-bond donors (Lipinski definition) is 4. The van der Waals surface area contributed by atoms with E-state index in [2.05, 4.69) is 67.8 Å². The van der Waals surface area contributed by atoms with Gasteiger partial charge in [0.25, 0.3) is 0 Å². The number of phenolic OH excluding ortho intramolecular Hbond substituents is 3. The van der Waals surface area contributed by atoms with Crippen LogP contribution in [0.25, 0.3) is 0 Å². The molecule has 9 nitrogen and oxygen atoms in total. The van der Waals surface area contributed by atoms with Gasteiger partial charge < -0.3 is 15.3 Å². The van der Waals surface area contributed by atoms with Crippen molar-refractivity contribution >= 4 is 17.6 Å². The smallest absolute Gasteiger partial charge is 0.245 e. The summed E-state index contributed by atoms with van der Waals surface area (Å²) in [4.78, 5) is 46.2. The van der Waals surface area contributed by atoms with E-state index in [0.717, 1.165) is 33.4 Å². The van der Waals surface area contributed by atoms with E-state index in [0.29, 0.717) is 19.3 Å². The number of amides is 2. The molecule has 9 heteroatoms. The van der Waals surface area contributed by atoms with Gasteiger partial charge in [-0.1, -0.05) is 161 Å². The number of aromatic hydroxyl groups is 3. The average molecular weight is 868 g/mol. The number of nitrogens with one attached hydrogen (secondary N) is 1. The van der Waals surface area contributed by atoms with Crippen LogP contribution in [-0.2, 0) is 30.6 Å². The summed E-state index contributed by atoms with van der Waals surface area (Å²) in [5.41, 5.74) is 5.74. The minimum absolute atomic E-state index is 0.0362. The molecular formula is C54H81N3O6. The maximum absolute atomic E-state index is 15.5. The molecule has 0 spiro atoms. The summed E-state index contributed by atoms with van der Waals surface area (Å²) in [7, 11) is 0. The summed E-state index contributed by atoms with van der Waals surface area (Å²) in [6.45, 7) is 37.2. The minimum atomic E-state index is -0.765. The number of carbonyl (C=O) groups excluding carboxylic acids is 3. The van der Waals surface area contributed by atoms with Gasteiger partial charge >= 0.3 is 0 Å². The molecule has 3 atom stereocenters. The largest absolute Gasteiger partial charge is 0.508 e. The van der Waals surface area contributed by atoms with Crippen LogP contribution in [0.5, 0.6) is 17.2 Å². The van der Waals surface area contributed by atoms with Crippen molar-refractivity contribution in [3.63, 3.8) is 0 Å². The highest BCUT2D eigenvalue weighted by molar-refractivity contribution is 5.91. The van der Waals surface area contributed by atoms with Gasteiger partial charge in [0.1, 0.15) is 23.0 Å². The Balaban J connectivity index is 1.94. The number of carbonyl (C=O) groups is 3. The fourth-order valence-corrected chi connectivity index (χ4v) is 8.87. The maximum atomic E-state index is 15.5. The third kappa shape index (κ3) is 13.3. The molecule has 4 rings (SSSR count). The zero-order valence-electron chi connectivity index (χ0n) is 42.0. The first kappa shape index (κ1) is 51.3. The van der Waals surface area contributed by atoms with Crippen LogP contribution >= 0.6 is 0 Å². The second-order valence-corrected chi connectivity index (χ2v) is 25.1. The number of hydrogen-bond acceptors (Lipinski definition) is 7. The van der Waals surface area contributed by atoms with Crippen LogP contribution in [0.4, 0.5) is 0 Å². The van der Waals surface area contributed by atoms with Gasteiger partial charge in [-0.25, -0.2) is 0 Å². The zero-order chi connectivity index (χ0) is 48.0. The van der Waals surface area contributed by atoms with Crippen LogP contribution in [0.1, 0.15) is 195 Å². The van der Waals surface area contributed by atoms with Gasteiger partial charge in [-0.3, -0.25) is 24.4 Å². The van der Waals surface area contributed by atoms with Gasteiger partial charge in [0, 0.05) is 5.92 Å². The SMILES string of the molecule is CC(C)(C)CC(C(=O)C1CN(C(=O)C(CC(C)(C)C)c2ccc(O)c(C(C)(C)C)c2)NN(C(=O)C(CC(C)(C)C)c2ccc(O)c(C(C)(C)C)c2)C1)c1ccc(O)c(C(C)(C)C)c1. The number of ketones is 1. The molecule has 0 saturated carbocycles. The number of benzene rings is 3. The standard InChI is InChI=1S/C54H81N3O6/c1-49(2,3)28-37(33-19-22-43(58)40(25-33)52(10,11)12)46(61)36-31-56(47(62)38(29-50(4,5)6)34-20-23-44(59)41(26-34)53(13,14)15)55-57(32-36)48(63)39(30-51(7,8)9)35-21-24-45(60)42(27-35)54(16,17)18/h19-27,36-39,55,58-60H,28-32H2,1-18H3. The maximum Gasteiger partial charge on any atom is 0.245 e. The predicted octanol–water partition coefficient (Wildman–Crippen LogP) is 11.9. The van der Waals surface area contributed by atoms with Gasteiger partial charge in [0.2, 0.25) is 11.8 Å². The Labute approximate surface area is 380 Å². The van der Waals surface area contributed by atoms with Crippen molar-refractivity contribution in [3.05, 3.63) is 88.0 Å². The first-order valence-electron chi connectivity index (χ1n) is 22.9. The normalized spacial score (nSPS) is 17.3. The fraction of sp³-hybridized carbons (Fsp3) is 0.611. The molecule has 2 amide bonds. The summed E-state index contributed by atoms with van der Waals surface area (Å²) in [6.07, 6.45) is 1.45. The minimum Gasteiger partial charge on any atom is -0.508 e. The van der Waals surface area contributed by atoms with Crippen LogP contribution in [0.2, 0.25) is 0 Å². The van der Waals surface area contributed by atoms with Crippen LogP contribution in [0.15, 0.2) is 54.6 Å².